The predicted octanol–water partition coefficient (Wildman–Crippen LogP) is 4.11. The molecule has 0 bridgehead atoms. The summed E-state index contributed by atoms with van der Waals surface area (Å²) in [6.07, 6.45) is 0. The van der Waals surface area contributed by atoms with Gasteiger partial charge in [-0.15, -0.1) is 0 Å². The van der Waals surface area contributed by atoms with Gasteiger partial charge in [0.1, 0.15) is 0 Å². The second-order valence-electron chi connectivity index (χ2n) is 8.15. The Labute approximate surface area is 185 Å². The molecule has 1 saturated heterocycles. The largest absolute Gasteiger partial charge is 0.297 e. The standard InChI is InChI=1S/C25H29N3O2S/c1-21-7-13-25(14-8-21)31(29,30)26-24-11-9-23(10-12-24)20-28-17-15-27(16-18-28)19-22-5-3-2-4-6-22/h2-14,26H,15-20H2,1H3. The molecule has 3 aromatic rings. The highest BCUT2D eigenvalue weighted by molar-refractivity contribution is 7.92. The third-order valence-corrected chi connectivity index (χ3v) is 7.05. The van der Waals surface area contributed by atoms with E-state index in [1.807, 2.05) is 31.2 Å². The van der Waals surface area contributed by atoms with Gasteiger partial charge in [0.15, 0.2) is 0 Å². The lowest BCUT2D eigenvalue weighted by atomic mass is 10.1. The molecule has 0 unspecified atom stereocenters. The van der Waals surface area contributed by atoms with Crippen LogP contribution in [0.25, 0.3) is 0 Å². The summed E-state index contributed by atoms with van der Waals surface area (Å²) in [5.41, 5.74) is 4.16. The Morgan fingerprint density at radius 1 is 0.710 bits per heavy atom. The van der Waals surface area contributed by atoms with Gasteiger partial charge in [-0.3, -0.25) is 14.5 Å². The number of hydrogen-bond donors (Lipinski definition) is 1. The molecule has 0 aliphatic carbocycles. The zero-order valence-electron chi connectivity index (χ0n) is 17.9. The van der Waals surface area contributed by atoms with Gasteiger partial charge in [0, 0.05) is 45.0 Å². The minimum Gasteiger partial charge on any atom is -0.297 e. The van der Waals surface area contributed by atoms with E-state index in [9.17, 15) is 8.42 Å². The maximum Gasteiger partial charge on any atom is 0.261 e. The first kappa shape index (κ1) is 21.6. The molecule has 0 amide bonds. The van der Waals surface area contributed by atoms with E-state index < -0.39 is 10.0 Å². The predicted molar refractivity (Wildman–Crippen MR) is 125 cm³/mol. The van der Waals surface area contributed by atoms with E-state index >= 15 is 0 Å². The molecule has 31 heavy (non-hydrogen) atoms. The first-order valence-corrected chi connectivity index (χ1v) is 12.1. The lowest BCUT2D eigenvalue weighted by Crippen LogP contribution is -2.45. The van der Waals surface area contributed by atoms with Crippen molar-refractivity contribution in [2.45, 2.75) is 24.9 Å². The van der Waals surface area contributed by atoms with Gasteiger partial charge in [-0.25, -0.2) is 8.42 Å². The van der Waals surface area contributed by atoms with Crippen molar-refractivity contribution in [1.82, 2.24) is 9.80 Å². The van der Waals surface area contributed by atoms with E-state index in [0.717, 1.165) is 44.8 Å². The van der Waals surface area contributed by atoms with Gasteiger partial charge in [-0.05, 0) is 42.3 Å². The molecule has 1 aliphatic rings. The van der Waals surface area contributed by atoms with Crippen LogP contribution >= 0.6 is 0 Å². The smallest absolute Gasteiger partial charge is 0.261 e. The molecule has 6 heteroatoms. The molecule has 162 valence electrons. The number of piperazine rings is 1. The fourth-order valence-electron chi connectivity index (χ4n) is 3.82. The SMILES string of the molecule is Cc1ccc(S(=O)(=O)Nc2ccc(CN3CCN(Cc4ccccc4)CC3)cc2)cc1. The Morgan fingerprint density at radius 2 is 1.23 bits per heavy atom. The van der Waals surface area contributed by atoms with Crippen LogP contribution in [0.5, 0.6) is 0 Å². The highest BCUT2D eigenvalue weighted by atomic mass is 32.2. The fourth-order valence-corrected chi connectivity index (χ4v) is 4.87. The van der Waals surface area contributed by atoms with Crippen molar-refractivity contribution in [3.05, 3.63) is 95.6 Å². The van der Waals surface area contributed by atoms with Crippen LogP contribution in [0.2, 0.25) is 0 Å². The molecule has 0 radical (unpaired) electrons. The molecule has 0 atom stereocenters. The normalized spacial score (nSPS) is 15.6. The number of sulfonamides is 1. The number of aryl methyl sites for hydroxylation is 1. The van der Waals surface area contributed by atoms with Crippen molar-refractivity contribution in [3.63, 3.8) is 0 Å². The Balaban J connectivity index is 1.28. The van der Waals surface area contributed by atoms with Crippen molar-refractivity contribution >= 4 is 15.7 Å². The molecular weight excluding hydrogens is 406 g/mol. The zero-order chi connectivity index (χ0) is 21.7. The highest BCUT2D eigenvalue weighted by Gasteiger charge is 2.17. The molecule has 1 aliphatic heterocycles. The lowest BCUT2D eigenvalue weighted by Gasteiger charge is -2.34. The highest BCUT2D eigenvalue weighted by Crippen LogP contribution is 2.18. The summed E-state index contributed by atoms with van der Waals surface area (Å²) in [6.45, 7) is 8.01. The quantitative estimate of drug-likeness (QED) is 0.607. The van der Waals surface area contributed by atoms with Crippen LogP contribution < -0.4 is 4.72 Å². The topological polar surface area (TPSA) is 52.7 Å². The minimum absolute atomic E-state index is 0.274. The van der Waals surface area contributed by atoms with Gasteiger partial charge in [0.2, 0.25) is 0 Å². The summed E-state index contributed by atoms with van der Waals surface area (Å²) in [5.74, 6) is 0. The van der Waals surface area contributed by atoms with Crippen molar-refractivity contribution in [1.29, 1.82) is 0 Å². The third-order valence-electron chi connectivity index (χ3n) is 5.66. The average molecular weight is 436 g/mol. The summed E-state index contributed by atoms with van der Waals surface area (Å²) in [6, 6.07) is 25.2. The molecule has 5 nitrogen and oxygen atoms in total. The minimum atomic E-state index is -3.57. The molecule has 1 N–H and O–H groups in total. The van der Waals surface area contributed by atoms with Crippen LogP contribution in [0.15, 0.2) is 83.8 Å². The second kappa shape index (κ2) is 9.64. The van der Waals surface area contributed by atoms with Crippen LogP contribution in [-0.2, 0) is 23.1 Å². The molecule has 1 fully saturated rings. The summed E-state index contributed by atoms with van der Waals surface area (Å²) in [4.78, 5) is 5.22. The molecule has 0 spiro atoms. The number of nitrogens with zero attached hydrogens (tertiary/aromatic N) is 2. The van der Waals surface area contributed by atoms with Gasteiger partial charge in [-0.1, -0.05) is 60.2 Å². The zero-order valence-corrected chi connectivity index (χ0v) is 18.7. The first-order chi connectivity index (χ1) is 15.0. The Kier molecular flexibility index (Phi) is 6.70. The van der Waals surface area contributed by atoms with Crippen molar-refractivity contribution in [2.75, 3.05) is 30.9 Å². The summed E-state index contributed by atoms with van der Waals surface area (Å²) in [7, 11) is -3.57. The van der Waals surface area contributed by atoms with Crippen LogP contribution in [0.4, 0.5) is 5.69 Å². The number of benzene rings is 3. The Bertz CT molecular complexity index is 1070. The molecule has 1 heterocycles. The number of rotatable bonds is 7. The number of hydrogen-bond acceptors (Lipinski definition) is 4. The molecule has 4 rings (SSSR count). The van der Waals surface area contributed by atoms with E-state index in [-0.39, 0.29) is 4.90 Å². The van der Waals surface area contributed by atoms with E-state index in [4.69, 9.17) is 0 Å². The van der Waals surface area contributed by atoms with Crippen molar-refractivity contribution < 1.29 is 8.42 Å². The van der Waals surface area contributed by atoms with Crippen molar-refractivity contribution in [2.24, 2.45) is 0 Å². The average Bonchev–Trinajstić information content (AvgIpc) is 2.77. The van der Waals surface area contributed by atoms with Gasteiger partial charge in [0.25, 0.3) is 10.0 Å². The van der Waals surface area contributed by atoms with Crippen LogP contribution in [0, 0.1) is 6.92 Å². The third kappa shape index (κ3) is 5.94. The summed E-state index contributed by atoms with van der Waals surface area (Å²) >= 11 is 0. The molecule has 0 aromatic heterocycles. The van der Waals surface area contributed by atoms with Gasteiger partial charge < -0.3 is 0 Å². The summed E-state index contributed by atoms with van der Waals surface area (Å²) < 4.78 is 27.8. The Hall–Kier alpha value is -2.67. The summed E-state index contributed by atoms with van der Waals surface area (Å²) in [5, 5.41) is 0. The second-order valence-corrected chi connectivity index (χ2v) is 9.84. The monoisotopic (exact) mass is 435 g/mol. The van der Waals surface area contributed by atoms with E-state index in [2.05, 4.69) is 44.9 Å². The van der Waals surface area contributed by atoms with Crippen LogP contribution in [-0.4, -0.2) is 44.4 Å². The van der Waals surface area contributed by atoms with Gasteiger partial charge >= 0.3 is 0 Å². The van der Waals surface area contributed by atoms with E-state index in [1.54, 1.807) is 24.3 Å². The molecular formula is C25H29N3O2S. The van der Waals surface area contributed by atoms with Crippen LogP contribution in [0.1, 0.15) is 16.7 Å². The van der Waals surface area contributed by atoms with Crippen molar-refractivity contribution in [3.8, 4) is 0 Å². The number of anilines is 1. The number of nitrogens with one attached hydrogen (secondary N) is 1. The first-order valence-electron chi connectivity index (χ1n) is 10.6. The Morgan fingerprint density at radius 3 is 1.77 bits per heavy atom. The maximum absolute atomic E-state index is 12.6. The lowest BCUT2D eigenvalue weighted by molar-refractivity contribution is 0.122. The van der Waals surface area contributed by atoms with E-state index in [0.29, 0.717) is 5.69 Å². The molecule has 3 aromatic carbocycles. The maximum atomic E-state index is 12.6. The fraction of sp³-hybridized carbons (Fsp3) is 0.280. The van der Waals surface area contributed by atoms with Crippen LogP contribution in [0.3, 0.4) is 0 Å². The van der Waals surface area contributed by atoms with E-state index in [1.165, 1.54) is 11.1 Å². The molecule has 0 saturated carbocycles. The van der Waals surface area contributed by atoms with Gasteiger partial charge in [0.05, 0.1) is 4.90 Å². The van der Waals surface area contributed by atoms with Gasteiger partial charge in [-0.2, -0.15) is 0 Å².